The van der Waals surface area contributed by atoms with Crippen LogP contribution in [0.1, 0.15) is 271 Å². The van der Waals surface area contributed by atoms with Gasteiger partial charge in [-0.05, 0) is 141 Å². The Bertz CT molecular complexity index is 1710. The van der Waals surface area contributed by atoms with E-state index in [1.54, 1.807) is 0 Å². The zero-order valence-corrected chi connectivity index (χ0v) is 50.4. The number of hydrogen-bond donors (Lipinski definition) is 0. The Balaban J connectivity index is 4.51. The van der Waals surface area contributed by atoms with E-state index >= 15 is 0 Å². The summed E-state index contributed by atoms with van der Waals surface area (Å²) in [7, 11) is 0. The minimum Gasteiger partial charge on any atom is -0.462 e. The summed E-state index contributed by atoms with van der Waals surface area (Å²) in [6.07, 6.45) is 92.7. The van der Waals surface area contributed by atoms with Gasteiger partial charge < -0.3 is 14.2 Å². The van der Waals surface area contributed by atoms with Gasteiger partial charge in [0.05, 0.1) is 0 Å². The van der Waals surface area contributed by atoms with E-state index in [1.165, 1.54) is 83.5 Å². The van der Waals surface area contributed by atoms with Gasteiger partial charge in [0, 0.05) is 19.3 Å². The van der Waals surface area contributed by atoms with Gasteiger partial charge in [0.15, 0.2) is 6.10 Å². The first-order valence-electron chi connectivity index (χ1n) is 31.8. The van der Waals surface area contributed by atoms with Crippen molar-refractivity contribution in [2.75, 3.05) is 13.2 Å². The fourth-order valence-electron chi connectivity index (χ4n) is 8.35. The van der Waals surface area contributed by atoms with E-state index < -0.39 is 6.10 Å². The van der Waals surface area contributed by atoms with E-state index in [0.29, 0.717) is 19.3 Å². The monoisotopic (exact) mass is 1080 g/mol. The third kappa shape index (κ3) is 62.1. The minimum absolute atomic E-state index is 0.108. The summed E-state index contributed by atoms with van der Waals surface area (Å²) >= 11 is 0. The molecular formula is C72H116O6. The Labute approximate surface area is 480 Å². The normalized spacial score (nSPS) is 13.1. The second kappa shape index (κ2) is 64.8. The van der Waals surface area contributed by atoms with Crippen molar-refractivity contribution < 1.29 is 28.6 Å². The Hall–Kier alpha value is -4.71. The smallest absolute Gasteiger partial charge is 0.306 e. The summed E-state index contributed by atoms with van der Waals surface area (Å²) in [6.45, 7) is 6.36. The summed E-state index contributed by atoms with van der Waals surface area (Å²) in [4.78, 5) is 38.3. The van der Waals surface area contributed by atoms with Gasteiger partial charge in [0.1, 0.15) is 13.2 Å². The van der Waals surface area contributed by atoms with Crippen molar-refractivity contribution in [1.29, 1.82) is 0 Å². The average molecular weight is 1080 g/mol. The molecule has 0 aromatic carbocycles. The molecule has 6 nitrogen and oxygen atoms in total. The third-order valence-electron chi connectivity index (χ3n) is 13.1. The van der Waals surface area contributed by atoms with E-state index in [1.807, 2.05) is 0 Å². The Morgan fingerprint density at radius 3 is 0.808 bits per heavy atom. The molecule has 0 aromatic heterocycles. The van der Waals surface area contributed by atoms with Gasteiger partial charge in [0.25, 0.3) is 0 Å². The predicted octanol–water partition coefficient (Wildman–Crippen LogP) is 21.9. The second-order valence-corrected chi connectivity index (χ2v) is 20.5. The van der Waals surface area contributed by atoms with Crippen LogP contribution >= 0.6 is 0 Å². The summed E-state index contributed by atoms with van der Waals surface area (Å²) in [5.41, 5.74) is 0. The van der Waals surface area contributed by atoms with Crippen LogP contribution in [-0.2, 0) is 28.6 Å². The molecule has 78 heavy (non-hydrogen) atoms. The third-order valence-corrected chi connectivity index (χ3v) is 13.1. The highest BCUT2D eigenvalue weighted by Gasteiger charge is 2.19. The zero-order valence-electron chi connectivity index (χ0n) is 50.4. The van der Waals surface area contributed by atoms with Crippen molar-refractivity contribution in [3.63, 3.8) is 0 Å². The number of carbonyl (C=O) groups excluding carboxylic acids is 3. The highest BCUT2D eigenvalue weighted by atomic mass is 16.6. The molecule has 440 valence electrons. The van der Waals surface area contributed by atoms with Crippen molar-refractivity contribution in [2.45, 2.75) is 277 Å². The van der Waals surface area contributed by atoms with Crippen molar-refractivity contribution >= 4 is 17.9 Å². The summed E-state index contributed by atoms with van der Waals surface area (Å²) < 4.78 is 16.9. The lowest BCUT2D eigenvalue weighted by Crippen LogP contribution is -2.30. The number of ether oxygens (including phenoxy) is 3. The maximum atomic E-state index is 12.9. The molecule has 0 amide bonds. The first-order chi connectivity index (χ1) is 38.5. The van der Waals surface area contributed by atoms with Gasteiger partial charge in [-0.2, -0.15) is 0 Å². The topological polar surface area (TPSA) is 78.9 Å². The Morgan fingerprint density at radius 1 is 0.269 bits per heavy atom. The first kappa shape index (κ1) is 73.3. The van der Waals surface area contributed by atoms with Crippen LogP contribution in [0.25, 0.3) is 0 Å². The molecule has 1 atom stereocenters. The van der Waals surface area contributed by atoms with Crippen LogP contribution in [0, 0.1) is 0 Å². The number of esters is 3. The maximum absolute atomic E-state index is 12.9. The van der Waals surface area contributed by atoms with Crippen LogP contribution in [0.2, 0.25) is 0 Å². The lowest BCUT2D eigenvalue weighted by molar-refractivity contribution is -0.167. The molecule has 0 heterocycles. The zero-order chi connectivity index (χ0) is 56.4. The molecular weight excluding hydrogens is 961 g/mol. The highest BCUT2D eigenvalue weighted by molar-refractivity contribution is 5.71. The molecule has 0 spiro atoms. The van der Waals surface area contributed by atoms with Crippen LogP contribution in [0.3, 0.4) is 0 Å². The SMILES string of the molecule is CC/C=C\C/C=C\C/C=C\C/C=C\C/C=C\C/C=C\C/C=C\CCCCCC(=O)OCC(COC(=O)CCCCCC/C=C\C/C=C\C/C=C\C/C=C\CC)OC(=O)CCCCCCCCC/C=C\CCCCCCCCC. The van der Waals surface area contributed by atoms with Crippen molar-refractivity contribution in [1.82, 2.24) is 0 Å². The Kier molecular flexibility index (Phi) is 60.9. The van der Waals surface area contributed by atoms with Gasteiger partial charge in [0.2, 0.25) is 0 Å². The van der Waals surface area contributed by atoms with E-state index in [2.05, 4.69) is 167 Å². The van der Waals surface area contributed by atoms with Crippen LogP contribution in [-0.4, -0.2) is 37.2 Å². The molecule has 1 unspecified atom stereocenters. The van der Waals surface area contributed by atoms with Gasteiger partial charge in [-0.1, -0.05) is 256 Å². The van der Waals surface area contributed by atoms with Gasteiger partial charge in [-0.25, -0.2) is 0 Å². The van der Waals surface area contributed by atoms with Gasteiger partial charge >= 0.3 is 17.9 Å². The average Bonchev–Trinajstić information content (AvgIpc) is 3.44. The second-order valence-electron chi connectivity index (χ2n) is 20.5. The lowest BCUT2D eigenvalue weighted by Gasteiger charge is -2.18. The minimum atomic E-state index is -0.813. The molecule has 0 saturated heterocycles. The standard InChI is InChI=1S/C72H116O6/c1-4-7-10-13-16-19-22-25-28-31-33-34-35-36-37-38-39-42-44-47-50-53-56-59-62-65-71(74)77-68-69(67-76-70(73)64-61-58-55-52-49-46-43-40-30-27-24-21-18-15-12-9-6-3)78-72(75)66-63-60-57-54-51-48-45-41-32-29-26-23-20-17-14-11-8-5-2/h7,9-10,12,16,18-19,21,25,27-30,32-34,36-37,39,42-43,46-47,50,69H,4-6,8,11,13-15,17,20,22-24,26,31,35,38,40-41,44-45,48-49,51-68H2,1-3H3/b10-7-,12-9-,19-16-,21-18-,28-25-,30-27-,32-29-,34-33-,37-36-,42-39-,46-43-,50-47-. The van der Waals surface area contributed by atoms with Crippen LogP contribution in [0.5, 0.6) is 0 Å². The van der Waals surface area contributed by atoms with Crippen molar-refractivity contribution in [2.24, 2.45) is 0 Å². The predicted molar refractivity (Wildman–Crippen MR) is 339 cm³/mol. The molecule has 0 aliphatic heterocycles. The summed E-state index contributed by atoms with van der Waals surface area (Å²) in [6, 6.07) is 0. The molecule has 0 radical (unpaired) electrons. The molecule has 0 bridgehead atoms. The van der Waals surface area contributed by atoms with Crippen LogP contribution in [0.15, 0.2) is 146 Å². The molecule has 0 N–H and O–H groups in total. The van der Waals surface area contributed by atoms with Gasteiger partial charge in [-0.15, -0.1) is 0 Å². The Morgan fingerprint density at radius 2 is 0.500 bits per heavy atom. The number of unbranched alkanes of at least 4 members (excludes halogenated alkanes) is 21. The van der Waals surface area contributed by atoms with E-state index in [0.717, 1.165) is 148 Å². The molecule has 0 aliphatic carbocycles. The van der Waals surface area contributed by atoms with Crippen molar-refractivity contribution in [3.05, 3.63) is 146 Å². The molecule has 0 rings (SSSR count). The first-order valence-corrected chi connectivity index (χ1v) is 31.8. The van der Waals surface area contributed by atoms with E-state index in [-0.39, 0.29) is 31.1 Å². The molecule has 0 aliphatic rings. The quantitative estimate of drug-likeness (QED) is 0.0261. The number of carbonyl (C=O) groups is 3. The van der Waals surface area contributed by atoms with Crippen molar-refractivity contribution in [3.8, 4) is 0 Å². The summed E-state index contributed by atoms with van der Waals surface area (Å²) in [5, 5.41) is 0. The highest BCUT2D eigenvalue weighted by Crippen LogP contribution is 2.14. The molecule has 0 saturated carbocycles. The fourth-order valence-corrected chi connectivity index (χ4v) is 8.35. The van der Waals surface area contributed by atoms with E-state index in [4.69, 9.17) is 14.2 Å². The maximum Gasteiger partial charge on any atom is 0.306 e. The molecule has 0 aromatic rings. The van der Waals surface area contributed by atoms with Crippen LogP contribution < -0.4 is 0 Å². The number of allylic oxidation sites excluding steroid dienone is 24. The molecule has 0 fully saturated rings. The fraction of sp³-hybridized carbons (Fsp3) is 0.625. The van der Waals surface area contributed by atoms with E-state index in [9.17, 15) is 14.4 Å². The van der Waals surface area contributed by atoms with Gasteiger partial charge in [-0.3, -0.25) is 14.4 Å². The van der Waals surface area contributed by atoms with Crippen LogP contribution in [0.4, 0.5) is 0 Å². The number of hydrogen-bond acceptors (Lipinski definition) is 6. The lowest BCUT2D eigenvalue weighted by atomic mass is 10.1. The number of rotatable bonds is 56. The molecule has 6 heteroatoms. The summed E-state index contributed by atoms with van der Waals surface area (Å²) in [5.74, 6) is -0.967. The largest absolute Gasteiger partial charge is 0.462 e.